The van der Waals surface area contributed by atoms with E-state index < -0.39 is 55.0 Å². The van der Waals surface area contributed by atoms with Crippen molar-refractivity contribution in [2.75, 3.05) is 12.3 Å². The van der Waals surface area contributed by atoms with Gasteiger partial charge >= 0.3 is 19.4 Å². The van der Waals surface area contributed by atoms with Crippen molar-refractivity contribution < 1.29 is 32.6 Å². The maximum absolute atomic E-state index is 15.1. The Morgan fingerprint density at radius 1 is 1.17 bits per heavy atom. The molecule has 1 fully saturated rings. The van der Waals surface area contributed by atoms with Gasteiger partial charge in [-0.2, -0.15) is 10.1 Å². The van der Waals surface area contributed by atoms with Crippen molar-refractivity contribution in [3.63, 3.8) is 0 Å². The summed E-state index contributed by atoms with van der Waals surface area (Å²) in [6.45, 7) is 3.38. The number of aliphatic hydroxyl groups excluding tert-OH is 1. The molecule has 4 rings (SSSR count). The van der Waals surface area contributed by atoms with Gasteiger partial charge in [0.25, 0.3) is 0 Å². The zero-order chi connectivity index (χ0) is 30.3. The van der Waals surface area contributed by atoms with E-state index in [1.807, 2.05) is 44.2 Å². The second-order valence-corrected chi connectivity index (χ2v) is 13.2. The Bertz CT molecular complexity index is 1430. The Labute approximate surface area is 247 Å². The minimum absolute atomic E-state index is 0.00375. The number of halogens is 1. The monoisotopic (exact) mass is 620 g/mol. The lowest BCUT2D eigenvalue weighted by atomic mass is 10.1. The molecule has 14 heteroatoms. The Kier molecular flexibility index (Phi) is 10.8. The highest BCUT2D eigenvalue weighted by molar-refractivity contribution is 8.00. The first-order valence-electron chi connectivity index (χ1n) is 13.3. The summed E-state index contributed by atoms with van der Waals surface area (Å²) in [5.74, 6) is -0.459. The molecular weight excluding hydrogens is 586 g/mol. The summed E-state index contributed by atoms with van der Waals surface area (Å²) in [6.07, 6.45) is -1.86. The number of alkyl halides is 1. The molecule has 0 radical (unpaired) electrons. The Balaban J connectivity index is 1.51. The largest absolute Gasteiger partial charge is 0.460 e. The number of carbonyl (C=O) groups excluding carboxylic acids is 1. The first kappa shape index (κ1) is 31.7. The number of ether oxygens (including phenoxy) is 1. The molecule has 1 saturated heterocycles. The van der Waals surface area contributed by atoms with E-state index >= 15 is 4.39 Å². The van der Waals surface area contributed by atoms with Gasteiger partial charge in [-0.05, 0) is 36.1 Å². The van der Waals surface area contributed by atoms with Crippen molar-refractivity contribution in [3.05, 3.63) is 89.0 Å². The predicted molar refractivity (Wildman–Crippen MR) is 157 cm³/mol. The molecule has 226 valence electrons. The number of hydrogen-bond acceptors (Lipinski definition) is 10. The van der Waals surface area contributed by atoms with Gasteiger partial charge in [0.2, 0.25) is 0 Å². The van der Waals surface area contributed by atoms with Crippen LogP contribution in [0.2, 0.25) is 0 Å². The molecule has 1 aliphatic heterocycles. The maximum Gasteiger partial charge on any atom is 0.459 e. The lowest BCUT2D eigenvalue weighted by Crippen LogP contribution is -2.39. The normalized spacial score (nSPS) is 22.4. The molecule has 1 aromatic heterocycles. The average molecular weight is 621 g/mol. The average Bonchev–Trinajstić information content (AvgIpc) is 3.24. The third-order valence-corrected chi connectivity index (χ3v) is 9.43. The maximum atomic E-state index is 15.1. The number of nitrogens with one attached hydrogen (secondary N) is 1. The van der Waals surface area contributed by atoms with Gasteiger partial charge in [0, 0.05) is 6.20 Å². The van der Waals surface area contributed by atoms with Crippen LogP contribution in [0.1, 0.15) is 31.2 Å². The second-order valence-electron chi connectivity index (χ2n) is 10.1. The highest BCUT2D eigenvalue weighted by atomic mass is 32.2. The van der Waals surface area contributed by atoms with Gasteiger partial charge in [-0.1, -0.05) is 62.4 Å². The molecule has 0 aliphatic carbocycles. The second kappa shape index (κ2) is 14.3. The van der Waals surface area contributed by atoms with Crippen LogP contribution in [0.15, 0.2) is 77.7 Å². The van der Waals surface area contributed by atoms with E-state index in [1.165, 1.54) is 12.3 Å². The minimum atomic E-state index is -4.30. The summed E-state index contributed by atoms with van der Waals surface area (Å²) in [5, 5.41) is 11.3. The Hall–Kier alpha value is -3.22. The van der Waals surface area contributed by atoms with Crippen molar-refractivity contribution >= 4 is 31.3 Å². The number of esters is 1. The molecular formula is C28H34FN4O7PS. The number of nitrogens with two attached hydrogens (primary N) is 1. The van der Waals surface area contributed by atoms with Gasteiger partial charge in [0.15, 0.2) is 6.17 Å². The highest BCUT2D eigenvalue weighted by Gasteiger charge is 2.47. The molecule has 1 aliphatic rings. The summed E-state index contributed by atoms with van der Waals surface area (Å²) in [7, 11) is -4.30. The number of aliphatic hydroxyl groups is 1. The van der Waals surface area contributed by atoms with Crippen LogP contribution < -0.4 is 21.0 Å². The lowest BCUT2D eigenvalue weighted by Gasteiger charge is -2.26. The van der Waals surface area contributed by atoms with E-state index in [0.717, 1.165) is 21.9 Å². The van der Waals surface area contributed by atoms with E-state index in [4.69, 9.17) is 19.5 Å². The van der Waals surface area contributed by atoms with Crippen LogP contribution >= 0.6 is 19.5 Å². The lowest BCUT2D eigenvalue weighted by molar-refractivity contribution is -0.147. The SMILES string of the molecule is CC(C)C[C@H](NP(=O)(OC[C@H]1S[C@@H](n2ccc(N)nc2=O)[C@@H](F)[C@@H]1O)Oc1ccccc1)C(=O)OCc1ccccc1. The Morgan fingerprint density at radius 2 is 1.83 bits per heavy atom. The van der Waals surface area contributed by atoms with Crippen molar-refractivity contribution in [3.8, 4) is 5.75 Å². The van der Waals surface area contributed by atoms with Crippen LogP contribution in [0.4, 0.5) is 10.2 Å². The number of nitrogens with zero attached hydrogens (tertiary/aromatic N) is 2. The highest BCUT2D eigenvalue weighted by Crippen LogP contribution is 2.49. The van der Waals surface area contributed by atoms with Gasteiger partial charge in [-0.15, -0.1) is 11.8 Å². The number of hydrogen-bond donors (Lipinski definition) is 3. The van der Waals surface area contributed by atoms with Crippen molar-refractivity contribution in [1.82, 2.24) is 14.6 Å². The number of nitrogen functional groups attached to an aromatic ring is 1. The standard InChI is InChI=1S/C28H34FN4O7PS/c1-18(2)15-21(27(35)38-16-19-9-5-3-6-10-19)32-41(37,40-20-11-7-4-8-12-20)39-17-22-25(34)24(29)26(42-22)33-14-13-23(30)31-28(33)36/h3-14,18,21-22,24-26,34H,15-17H2,1-2H3,(H,32,37)(H2,30,31,36)/t21-,22+,24-,25+,26+,41?/m0/s1. The topological polar surface area (TPSA) is 155 Å². The summed E-state index contributed by atoms with van der Waals surface area (Å²) in [5.41, 5.74) is 5.55. The summed E-state index contributed by atoms with van der Waals surface area (Å²) >= 11 is 0.925. The van der Waals surface area contributed by atoms with Gasteiger partial charge in [-0.3, -0.25) is 13.9 Å². The van der Waals surface area contributed by atoms with E-state index in [9.17, 15) is 19.3 Å². The number of para-hydroxylation sites is 1. The van der Waals surface area contributed by atoms with Crippen LogP contribution in [0.25, 0.3) is 0 Å². The molecule has 0 bridgehead atoms. The molecule has 0 spiro atoms. The number of aromatic nitrogens is 2. The molecule has 0 amide bonds. The van der Waals surface area contributed by atoms with Crippen LogP contribution in [0, 0.1) is 5.92 Å². The molecule has 1 unspecified atom stereocenters. The number of rotatable bonds is 13. The molecule has 3 aromatic rings. The first-order valence-corrected chi connectivity index (χ1v) is 15.8. The molecule has 4 N–H and O–H groups in total. The third kappa shape index (κ3) is 8.42. The number of anilines is 1. The predicted octanol–water partition coefficient (Wildman–Crippen LogP) is 4.09. The zero-order valence-electron chi connectivity index (χ0n) is 23.1. The Morgan fingerprint density at radius 3 is 2.48 bits per heavy atom. The van der Waals surface area contributed by atoms with Crippen LogP contribution in [0.3, 0.4) is 0 Å². The molecule has 42 heavy (non-hydrogen) atoms. The van der Waals surface area contributed by atoms with Gasteiger partial charge < -0.3 is 20.1 Å². The molecule has 0 saturated carbocycles. The van der Waals surface area contributed by atoms with E-state index in [2.05, 4.69) is 10.1 Å². The smallest absolute Gasteiger partial charge is 0.459 e. The fourth-order valence-electron chi connectivity index (χ4n) is 4.26. The summed E-state index contributed by atoms with van der Waals surface area (Å²) < 4.78 is 47.3. The van der Waals surface area contributed by atoms with E-state index in [1.54, 1.807) is 30.3 Å². The van der Waals surface area contributed by atoms with Crippen LogP contribution in [-0.2, 0) is 25.2 Å². The van der Waals surface area contributed by atoms with Crippen molar-refractivity contribution in [2.45, 2.75) is 55.8 Å². The van der Waals surface area contributed by atoms with Gasteiger partial charge in [-0.25, -0.2) is 13.8 Å². The number of benzene rings is 2. The van der Waals surface area contributed by atoms with Gasteiger partial charge in [0.1, 0.15) is 35.7 Å². The summed E-state index contributed by atoms with van der Waals surface area (Å²) in [4.78, 5) is 29.0. The van der Waals surface area contributed by atoms with E-state index in [0.29, 0.717) is 0 Å². The molecule has 2 heterocycles. The molecule has 2 aromatic carbocycles. The van der Waals surface area contributed by atoms with Crippen LogP contribution in [0.5, 0.6) is 5.75 Å². The first-order chi connectivity index (χ1) is 20.0. The molecule has 11 nitrogen and oxygen atoms in total. The quantitative estimate of drug-likeness (QED) is 0.187. The van der Waals surface area contributed by atoms with Crippen molar-refractivity contribution in [1.29, 1.82) is 0 Å². The fourth-order valence-corrected chi connectivity index (χ4v) is 7.31. The fraction of sp³-hybridized carbons (Fsp3) is 0.393. The third-order valence-electron chi connectivity index (χ3n) is 6.33. The van der Waals surface area contributed by atoms with Gasteiger partial charge in [0.05, 0.1) is 11.9 Å². The zero-order valence-corrected chi connectivity index (χ0v) is 24.8. The number of carbonyl (C=O) groups is 1. The number of thioether (sulfide) groups is 1. The van der Waals surface area contributed by atoms with Crippen molar-refractivity contribution in [2.24, 2.45) is 5.92 Å². The summed E-state index contributed by atoms with van der Waals surface area (Å²) in [6, 6.07) is 17.6. The van der Waals surface area contributed by atoms with E-state index in [-0.39, 0.29) is 30.5 Å². The minimum Gasteiger partial charge on any atom is -0.460 e. The molecule has 6 atom stereocenters. The van der Waals surface area contributed by atoms with Crippen LogP contribution in [-0.4, -0.2) is 50.8 Å².